The first-order valence-corrected chi connectivity index (χ1v) is 8.70. The predicted molar refractivity (Wildman–Crippen MR) is 106 cm³/mol. The molecule has 0 spiro atoms. The number of ether oxygens (including phenoxy) is 2. The molecular formula is C19H22N4O6. The molecule has 0 aromatic heterocycles. The van der Waals surface area contributed by atoms with E-state index in [-0.39, 0.29) is 25.3 Å². The molecule has 0 saturated carbocycles. The molecule has 0 unspecified atom stereocenters. The summed E-state index contributed by atoms with van der Waals surface area (Å²) in [6.07, 6.45) is 0. The van der Waals surface area contributed by atoms with E-state index in [0.717, 1.165) is 0 Å². The Hall–Kier alpha value is -3.82. The van der Waals surface area contributed by atoms with Gasteiger partial charge >= 0.3 is 0 Å². The molecule has 0 aliphatic rings. The number of hydrogen-bond acceptors (Lipinski definition) is 7. The Bertz CT molecular complexity index is 865. The highest BCUT2D eigenvalue weighted by atomic mass is 16.6. The summed E-state index contributed by atoms with van der Waals surface area (Å²) < 4.78 is 10.2. The van der Waals surface area contributed by atoms with Crippen LogP contribution in [0.4, 0.5) is 11.4 Å². The van der Waals surface area contributed by atoms with Crippen molar-refractivity contribution in [2.75, 3.05) is 39.2 Å². The second-order valence-electron chi connectivity index (χ2n) is 5.84. The minimum absolute atomic E-state index is 0.0418. The summed E-state index contributed by atoms with van der Waals surface area (Å²) in [4.78, 5) is 34.6. The normalized spacial score (nSPS) is 10.0. The zero-order chi connectivity index (χ0) is 21.2. The van der Waals surface area contributed by atoms with Crippen LogP contribution in [-0.2, 0) is 4.79 Å². The van der Waals surface area contributed by atoms with Crippen LogP contribution in [0, 0.1) is 10.1 Å². The maximum atomic E-state index is 12.2. The zero-order valence-corrected chi connectivity index (χ0v) is 16.1. The highest BCUT2D eigenvalue weighted by molar-refractivity contribution is 5.97. The fourth-order valence-corrected chi connectivity index (χ4v) is 2.45. The van der Waals surface area contributed by atoms with Crippen molar-refractivity contribution in [3.63, 3.8) is 0 Å². The number of benzene rings is 2. The largest absolute Gasteiger partial charge is 0.497 e. The van der Waals surface area contributed by atoms with Crippen molar-refractivity contribution in [2.45, 2.75) is 0 Å². The van der Waals surface area contributed by atoms with Gasteiger partial charge in [0, 0.05) is 30.8 Å². The van der Waals surface area contributed by atoms with Crippen molar-refractivity contribution >= 4 is 23.2 Å². The molecule has 3 N–H and O–H groups in total. The SMILES string of the molecule is COc1cc(OC)cc(C(=O)NCC(=O)NCCNc2ccccc2[N+](=O)[O-])c1. The van der Waals surface area contributed by atoms with E-state index in [2.05, 4.69) is 16.0 Å². The lowest BCUT2D eigenvalue weighted by molar-refractivity contribution is -0.384. The molecule has 0 aliphatic heterocycles. The molecule has 154 valence electrons. The lowest BCUT2D eigenvalue weighted by atomic mass is 10.2. The zero-order valence-electron chi connectivity index (χ0n) is 16.1. The number of nitrogens with zero attached hydrogens (tertiary/aromatic N) is 1. The molecule has 0 radical (unpaired) electrons. The van der Waals surface area contributed by atoms with Crippen LogP contribution in [0.3, 0.4) is 0 Å². The van der Waals surface area contributed by atoms with Crippen LogP contribution < -0.4 is 25.4 Å². The molecule has 0 heterocycles. The van der Waals surface area contributed by atoms with E-state index in [9.17, 15) is 19.7 Å². The molecule has 0 atom stereocenters. The number of nitro benzene ring substituents is 1. The summed E-state index contributed by atoms with van der Waals surface area (Å²) in [5.74, 6) is 0.0769. The number of hydrogen-bond donors (Lipinski definition) is 3. The number of rotatable bonds is 10. The average molecular weight is 402 g/mol. The van der Waals surface area contributed by atoms with Crippen LogP contribution in [-0.4, -0.2) is 50.6 Å². The maximum absolute atomic E-state index is 12.2. The first-order chi connectivity index (χ1) is 13.9. The topological polar surface area (TPSA) is 132 Å². The van der Waals surface area contributed by atoms with Crippen LogP contribution in [0.1, 0.15) is 10.4 Å². The van der Waals surface area contributed by atoms with Gasteiger partial charge in [-0.05, 0) is 18.2 Å². The number of amides is 2. The summed E-state index contributed by atoms with van der Waals surface area (Å²) in [6.45, 7) is 0.301. The number of carbonyl (C=O) groups excluding carboxylic acids is 2. The molecule has 10 nitrogen and oxygen atoms in total. The molecule has 29 heavy (non-hydrogen) atoms. The molecule has 2 aromatic rings. The first kappa shape index (κ1) is 21.5. The Balaban J connectivity index is 1.78. The Morgan fingerprint density at radius 1 is 1.00 bits per heavy atom. The Morgan fingerprint density at radius 2 is 1.66 bits per heavy atom. The van der Waals surface area contributed by atoms with Crippen LogP contribution in [0.5, 0.6) is 11.5 Å². The molecule has 10 heteroatoms. The number of nitro groups is 1. The Morgan fingerprint density at radius 3 is 2.28 bits per heavy atom. The van der Waals surface area contributed by atoms with Crippen molar-refractivity contribution in [3.8, 4) is 11.5 Å². The van der Waals surface area contributed by atoms with Crippen molar-refractivity contribution in [3.05, 3.63) is 58.1 Å². The standard InChI is InChI=1S/C19H22N4O6/c1-28-14-9-13(10-15(11-14)29-2)19(25)22-12-18(24)21-8-7-20-16-5-3-4-6-17(16)23(26)27/h3-6,9-11,20H,7-8,12H2,1-2H3,(H,21,24)(H,22,25). The van der Waals surface area contributed by atoms with Gasteiger partial charge < -0.3 is 25.4 Å². The molecule has 0 saturated heterocycles. The molecule has 0 bridgehead atoms. The molecule has 0 aliphatic carbocycles. The van der Waals surface area contributed by atoms with E-state index in [1.165, 1.54) is 32.4 Å². The fourth-order valence-electron chi connectivity index (χ4n) is 2.45. The van der Waals surface area contributed by atoms with E-state index in [1.54, 1.807) is 24.3 Å². The van der Waals surface area contributed by atoms with Crippen LogP contribution in [0.25, 0.3) is 0 Å². The number of methoxy groups -OCH3 is 2. The Kier molecular flexibility index (Phi) is 7.78. The number of nitrogens with one attached hydrogen (secondary N) is 3. The number of para-hydroxylation sites is 2. The van der Waals surface area contributed by atoms with Crippen molar-refractivity contribution in [2.24, 2.45) is 0 Å². The third-order valence-corrected chi connectivity index (χ3v) is 3.89. The minimum Gasteiger partial charge on any atom is -0.497 e. The summed E-state index contributed by atoms with van der Waals surface area (Å²) in [7, 11) is 2.95. The Labute approximate surface area is 167 Å². The van der Waals surface area contributed by atoms with Crippen LogP contribution in [0.15, 0.2) is 42.5 Å². The van der Waals surface area contributed by atoms with Crippen molar-refractivity contribution < 1.29 is 24.0 Å². The van der Waals surface area contributed by atoms with Gasteiger partial charge in [0.25, 0.3) is 11.6 Å². The van der Waals surface area contributed by atoms with Crippen LogP contribution in [0.2, 0.25) is 0 Å². The lowest BCUT2D eigenvalue weighted by Crippen LogP contribution is -2.38. The van der Waals surface area contributed by atoms with E-state index >= 15 is 0 Å². The molecule has 2 aromatic carbocycles. The molecule has 2 amide bonds. The monoisotopic (exact) mass is 402 g/mol. The summed E-state index contributed by atoms with van der Waals surface area (Å²) in [5.41, 5.74) is 0.624. The minimum atomic E-state index is -0.482. The van der Waals surface area contributed by atoms with Gasteiger partial charge in [0.2, 0.25) is 5.91 Å². The fraction of sp³-hybridized carbons (Fsp3) is 0.263. The van der Waals surface area contributed by atoms with E-state index in [1.807, 2.05) is 0 Å². The van der Waals surface area contributed by atoms with Gasteiger partial charge in [-0.3, -0.25) is 19.7 Å². The van der Waals surface area contributed by atoms with E-state index < -0.39 is 16.7 Å². The average Bonchev–Trinajstić information content (AvgIpc) is 2.74. The lowest BCUT2D eigenvalue weighted by Gasteiger charge is -2.10. The molecule has 2 rings (SSSR count). The van der Waals surface area contributed by atoms with Crippen molar-refractivity contribution in [1.29, 1.82) is 0 Å². The summed E-state index contributed by atoms with van der Waals surface area (Å²) in [6, 6.07) is 10.9. The van der Waals surface area contributed by atoms with Crippen molar-refractivity contribution in [1.82, 2.24) is 10.6 Å². The third-order valence-electron chi connectivity index (χ3n) is 3.89. The van der Waals surface area contributed by atoms with Gasteiger partial charge in [-0.15, -0.1) is 0 Å². The van der Waals surface area contributed by atoms with Gasteiger partial charge in [-0.25, -0.2) is 0 Å². The second-order valence-corrected chi connectivity index (χ2v) is 5.84. The number of anilines is 1. The second kappa shape index (κ2) is 10.5. The summed E-state index contributed by atoms with van der Waals surface area (Å²) >= 11 is 0. The predicted octanol–water partition coefficient (Wildman–Crippen LogP) is 1.57. The van der Waals surface area contributed by atoms with Gasteiger partial charge in [0.1, 0.15) is 17.2 Å². The van der Waals surface area contributed by atoms with Gasteiger partial charge in [0.05, 0.1) is 25.7 Å². The molecular weight excluding hydrogens is 380 g/mol. The van der Waals surface area contributed by atoms with E-state index in [4.69, 9.17) is 9.47 Å². The number of carbonyl (C=O) groups is 2. The van der Waals surface area contributed by atoms with Gasteiger partial charge in [-0.2, -0.15) is 0 Å². The van der Waals surface area contributed by atoms with E-state index in [0.29, 0.717) is 22.7 Å². The smallest absolute Gasteiger partial charge is 0.292 e. The van der Waals surface area contributed by atoms with Gasteiger partial charge in [0.15, 0.2) is 0 Å². The highest BCUT2D eigenvalue weighted by Crippen LogP contribution is 2.23. The highest BCUT2D eigenvalue weighted by Gasteiger charge is 2.13. The third kappa shape index (κ3) is 6.38. The maximum Gasteiger partial charge on any atom is 0.292 e. The van der Waals surface area contributed by atoms with Gasteiger partial charge in [-0.1, -0.05) is 12.1 Å². The molecule has 0 fully saturated rings. The summed E-state index contributed by atoms with van der Waals surface area (Å²) in [5, 5.41) is 19.0. The quantitative estimate of drug-likeness (QED) is 0.312. The first-order valence-electron chi connectivity index (χ1n) is 8.70. The van der Waals surface area contributed by atoms with Crippen LogP contribution >= 0.6 is 0 Å².